The maximum Gasteiger partial charge on any atom is 0.0631 e. The van der Waals surface area contributed by atoms with Crippen LogP contribution in [0.3, 0.4) is 0 Å². The Bertz CT molecular complexity index is 81.1. The van der Waals surface area contributed by atoms with Crippen molar-refractivity contribution in [2.45, 2.75) is 24.2 Å². The first-order valence-electron chi connectivity index (χ1n) is 3.32. The molecule has 0 aromatic rings. The van der Waals surface area contributed by atoms with E-state index in [4.69, 9.17) is 10.8 Å². The first-order chi connectivity index (χ1) is 4.33. The summed E-state index contributed by atoms with van der Waals surface area (Å²) >= 11 is 1.80. The molecule has 0 aromatic heterocycles. The average molecular weight is 147 g/mol. The fourth-order valence-corrected chi connectivity index (χ4v) is 2.08. The van der Waals surface area contributed by atoms with E-state index >= 15 is 0 Å². The number of hydrogen-bond acceptors (Lipinski definition) is 3. The highest BCUT2D eigenvalue weighted by Crippen LogP contribution is 2.23. The van der Waals surface area contributed by atoms with Gasteiger partial charge in [0.05, 0.1) is 6.10 Å². The van der Waals surface area contributed by atoms with Crippen LogP contribution in [0.4, 0.5) is 0 Å². The van der Waals surface area contributed by atoms with Crippen molar-refractivity contribution >= 4 is 11.8 Å². The molecule has 2 nitrogen and oxygen atoms in total. The van der Waals surface area contributed by atoms with Crippen molar-refractivity contribution in [3.63, 3.8) is 0 Å². The largest absolute Gasteiger partial charge is 0.392 e. The third kappa shape index (κ3) is 2.16. The molecule has 0 bridgehead atoms. The number of aliphatic hydroxyl groups excluding tert-OH is 1. The molecule has 1 heterocycles. The first kappa shape index (κ1) is 7.38. The van der Waals surface area contributed by atoms with Crippen LogP contribution in [0.2, 0.25) is 0 Å². The van der Waals surface area contributed by atoms with Crippen LogP contribution >= 0.6 is 11.8 Å². The lowest BCUT2D eigenvalue weighted by atomic mass is 10.1. The Balaban J connectivity index is 2.18. The fourth-order valence-electron chi connectivity index (χ4n) is 0.978. The van der Waals surface area contributed by atoms with Gasteiger partial charge >= 0.3 is 0 Å². The fraction of sp³-hybridized carbons (Fsp3) is 1.00. The molecule has 1 rings (SSSR count). The van der Waals surface area contributed by atoms with Gasteiger partial charge in [0, 0.05) is 17.5 Å². The summed E-state index contributed by atoms with van der Waals surface area (Å²) in [5.41, 5.74) is 5.45. The molecule has 0 radical (unpaired) electrons. The molecule has 0 unspecified atom stereocenters. The van der Waals surface area contributed by atoms with E-state index in [0.29, 0.717) is 5.25 Å². The summed E-state index contributed by atoms with van der Waals surface area (Å²) in [6.45, 7) is 0.761. The molecule has 9 heavy (non-hydrogen) atoms. The molecule has 0 amide bonds. The van der Waals surface area contributed by atoms with Crippen molar-refractivity contribution < 1.29 is 5.11 Å². The molecule has 1 aliphatic rings. The standard InChI is InChI=1S/C6H13NOS/c7-3-6-2-1-5(8)4-9-6/h5-6,8H,1-4,7H2/t5-,6+/m1/s1. The van der Waals surface area contributed by atoms with E-state index in [2.05, 4.69) is 0 Å². The third-order valence-corrected chi connectivity index (χ3v) is 3.09. The van der Waals surface area contributed by atoms with E-state index in [-0.39, 0.29) is 6.10 Å². The van der Waals surface area contributed by atoms with Crippen molar-refractivity contribution in [1.82, 2.24) is 0 Å². The monoisotopic (exact) mass is 147 g/mol. The van der Waals surface area contributed by atoms with Crippen LogP contribution in [0.5, 0.6) is 0 Å². The topological polar surface area (TPSA) is 46.2 Å². The van der Waals surface area contributed by atoms with E-state index in [1.54, 1.807) is 11.8 Å². The maximum absolute atomic E-state index is 9.06. The Morgan fingerprint density at radius 3 is 2.78 bits per heavy atom. The summed E-state index contributed by atoms with van der Waals surface area (Å²) < 4.78 is 0. The first-order valence-corrected chi connectivity index (χ1v) is 4.37. The quantitative estimate of drug-likeness (QED) is 0.557. The number of rotatable bonds is 1. The number of thioether (sulfide) groups is 1. The van der Waals surface area contributed by atoms with E-state index in [9.17, 15) is 0 Å². The summed E-state index contributed by atoms with van der Waals surface area (Å²) in [5, 5.41) is 9.67. The van der Waals surface area contributed by atoms with E-state index in [1.807, 2.05) is 0 Å². The lowest BCUT2D eigenvalue weighted by Crippen LogP contribution is -2.26. The van der Waals surface area contributed by atoms with Gasteiger partial charge in [-0.25, -0.2) is 0 Å². The van der Waals surface area contributed by atoms with Gasteiger partial charge in [-0.05, 0) is 12.8 Å². The molecule has 0 aliphatic carbocycles. The minimum Gasteiger partial charge on any atom is -0.392 e. The van der Waals surface area contributed by atoms with Gasteiger partial charge < -0.3 is 10.8 Å². The Morgan fingerprint density at radius 1 is 1.56 bits per heavy atom. The van der Waals surface area contributed by atoms with Crippen molar-refractivity contribution in [1.29, 1.82) is 0 Å². The molecule has 0 aromatic carbocycles. The minimum absolute atomic E-state index is 0.0715. The van der Waals surface area contributed by atoms with Crippen LogP contribution in [0.25, 0.3) is 0 Å². The highest BCUT2D eigenvalue weighted by molar-refractivity contribution is 8.00. The van der Waals surface area contributed by atoms with Crippen LogP contribution in [-0.2, 0) is 0 Å². The molecule has 3 N–H and O–H groups in total. The van der Waals surface area contributed by atoms with Gasteiger partial charge in [0.15, 0.2) is 0 Å². The number of aliphatic hydroxyl groups is 1. The predicted octanol–water partition coefficient (Wildman–Crippen LogP) is 0.202. The molecule has 0 saturated carbocycles. The number of hydrogen-bond donors (Lipinski definition) is 2. The Kier molecular flexibility index (Phi) is 2.82. The average Bonchev–Trinajstić information content (AvgIpc) is 1.90. The molecule has 1 saturated heterocycles. The molecular formula is C6H13NOS. The normalized spacial score (nSPS) is 36.7. The van der Waals surface area contributed by atoms with Crippen LogP contribution in [-0.4, -0.2) is 28.8 Å². The number of nitrogens with two attached hydrogens (primary N) is 1. The smallest absolute Gasteiger partial charge is 0.0631 e. The predicted molar refractivity (Wildman–Crippen MR) is 40.5 cm³/mol. The molecule has 1 fully saturated rings. The van der Waals surface area contributed by atoms with Gasteiger partial charge in [-0.3, -0.25) is 0 Å². The van der Waals surface area contributed by atoms with Gasteiger partial charge in [-0.2, -0.15) is 11.8 Å². The molecule has 54 valence electrons. The van der Waals surface area contributed by atoms with Gasteiger partial charge in [0.25, 0.3) is 0 Å². The van der Waals surface area contributed by atoms with Gasteiger partial charge in [-0.15, -0.1) is 0 Å². The van der Waals surface area contributed by atoms with Crippen molar-refractivity contribution in [2.75, 3.05) is 12.3 Å². The second-order valence-corrected chi connectivity index (χ2v) is 3.76. The Hall–Kier alpha value is 0.270. The molecule has 0 spiro atoms. The van der Waals surface area contributed by atoms with Crippen LogP contribution in [0, 0.1) is 0 Å². The highest BCUT2D eigenvalue weighted by atomic mass is 32.2. The zero-order chi connectivity index (χ0) is 6.69. The van der Waals surface area contributed by atoms with Crippen LogP contribution < -0.4 is 5.73 Å². The second kappa shape index (κ2) is 3.44. The summed E-state index contributed by atoms with van der Waals surface area (Å²) in [4.78, 5) is 0. The summed E-state index contributed by atoms with van der Waals surface area (Å²) in [6, 6.07) is 0. The zero-order valence-corrected chi connectivity index (χ0v) is 6.23. The summed E-state index contributed by atoms with van der Waals surface area (Å²) in [6.07, 6.45) is 1.95. The second-order valence-electron chi connectivity index (χ2n) is 2.42. The molecule has 2 atom stereocenters. The third-order valence-electron chi connectivity index (χ3n) is 1.61. The molecule has 3 heteroatoms. The van der Waals surface area contributed by atoms with Crippen molar-refractivity contribution in [3.05, 3.63) is 0 Å². The molecule has 1 aliphatic heterocycles. The van der Waals surface area contributed by atoms with Crippen molar-refractivity contribution in [2.24, 2.45) is 5.73 Å². The minimum atomic E-state index is -0.0715. The van der Waals surface area contributed by atoms with E-state index < -0.39 is 0 Å². The van der Waals surface area contributed by atoms with E-state index in [0.717, 1.165) is 25.1 Å². The summed E-state index contributed by atoms with van der Waals surface area (Å²) in [7, 11) is 0. The Morgan fingerprint density at radius 2 is 2.33 bits per heavy atom. The SMILES string of the molecule is NC[C@@H]1CC[C@@H](O)CS1. The van der Waals surface area contributed by atoms with E-state index in [1.165, 1.54) is 0 Å². The highest BCUT2D eigenvalue weighted by Gasteiger charge is 2.17. The van der Waals surface area contributed by atoms with Gasteiger partial charge in [0.1, 0.15) is 0 Å². The lowest BCUT2D eigenvalue weighted by molar-refractivity contribution is 0.181. The maximum atomic E-state index is 9.06. The van der Waals surface area contributed by atoms with Crippen LogP contribution in [0.15, 0.2) is 0 Å². The lowest BCUT2D eigenvalue weighted by Gasteiger charge is -2.23. The molecular weight excluding hydrogens is 134 g/mol. The van der Waals surface area contributed by atoms with Crippen molar-refractivity contribution in [3.8, 4) is 0 Å². The Labute approximate surface area is 59.8 Å². The van der Waals surface area contributed by atoms with Gasteiger partial charge in [-0.1, -0.05) is 0 Å². The zero-order valence-electron chi connectivity index (χ0n) is 5.42. The van der Waals surface area contributed by atoms with Gasteiger partial charge in [0.2, 0.25) is 0 Å². The van der Waals surface area contributed by atoms with Crippen LogP contribution in [0.1, 0.15) is 12.8 Å². The summed E-state index contributed by atoms with van der Waals surface area (Å²) in [5.74, 6) is 0.877.